The van der Waals surface area contributed by atoms with Crippen LogP contribution in [0.4, 0.5) is 4.39 Å². The van der Waals surface area contributed by atoms with Crippen molar-refractivity contribution in [2.75, 3.05) is 0 Å². The predicted octanol–water partition coefficient (Wildman–Crippen LogP) is 2.97. The summed E-state index contributed by atoms with van der Waals surface area (Å²) in [4.78, 5) is 0. The minimum Gasteiger partial charge on any atom is -0.388 e. The van der Waals surface area contributed by atoms with Gasteiger partial charge in [0.1, 0.15) is 5.82 Å². The lowest BCUT2D eigenvalue weighted by Crippen LogP contribution is -2.03. The lowest BCUT2D eigenvalue weighted by Gasteiger charge is -2.09. The van der Waals surface area contributed by atoms with Crippen LogP contribution < -0.4 is 0 Å². The van der Waals surface area contributed by atoms with Crippen LogP contribution in [0.3, 0.4) is 0 Å². The maximum absolute atomic E-state index is 13.7. The Hall–Kier alpha value is -1.39. The molecule has 1 heterocycles. The van der Waals surface area contributed by atoms with Crippen molar-refractivity contribution in [2.45, 2.75) is 26.0 Å². The summed E-state index contributed by atoms with van der Waals surface area (Å²) in [5, 5.41) is 14.2. The number of aliphatic hydroxyl groups excluding tert-OH is 1. The maximum atomic E-state index is 13.7. The zero-order chi connectivity index (χ0) is 13.1. The quantitative estimate of drug-likeness (QED) is 0.926. The fraction of sp³-hybridized carbons (Fsp3) is 0.308. The summed E-state index contributed by atoms with van der Waals surface area (Å²) in [6.07, 6.45) is 2.75. The summed E-state index contributed by atoms with van der Waals surface area (Å²) < 4.78 is 15.4. The highest BCUT2D eigenvalue weighted by molar-refractivity contribution is 6.30. The molecule has 1 aromatic carbocycles. The Morgan fingerprint density at radius 1 is 1.50 bits per heavy atom. The molecule has 0 aliphatic heterocycles. The summed E-state index contributed by atoms with van der Waals surface area (Å²) >= 11 is 5.70. The Labute approximate surface area is 110 Å². The molecule has 0 fully saturated rings. The molecular formula is C13H14ClFN2O. The Morgan fingerprint density at radius 2 is 2.28 bits per heavy atom. The molecule has 5 heteroatoms. The number of nitrogens with zero attached hydrogens (tertiary/aromatic N) is 2. The topological polar surface area (TPSA) is 38.0 Å². The molecule has 0 aliphatic carbocycles. The zero-order valence-corrected chi connectivity index (χ0v) is 10.7. The smallest absolute Gasteiger partial charge is 0.145 e. The van der Waals surface area contributed by atoms with Gasteiger partial charge in [0.15, 0.2) is 0 Å². The van der Waals surface area contributed by atoms with Gasteiger partial charge in [-0.3, -0.25) is 4.68 Å². The second-order valence-corrected chi connectivity index (χ2v) is 4.47. The highest BCUT2D eigenvalue weighted by Gasteiger charge is 2.14. The third-order valence-corrected chi connectivity index (χ3v) is 3.10. The van der Waals surface area contributed by atoms with E-state index in [-0.39, 0.29) is 11.4 Å². The van der Waals surface area contributed by atoms with Crippen LogP contribution in [-0.2, 0) is 13.0 Å². The molecule has 0 aliphatic rings. The molecular weight excluding hydrogens is 255 g/mol. The van der Waals surface area contributed by atoms with Crippen molar-refractivity contribution in [3.8, 4) is 0 Å². The van der Waals surface area contributed by atoms with Gasteiger partial charge in [-0.15, -0.1) is 0 Å². The summed E-state index contributed by atoms with van der Waals surface area (Å²) in [7, 11) is 0. The molecule has 0 saturated carbocycles. The predicted molar refractivity (Wildman–Crippen MR) is 68.0 cm³/mol. The number of hydrogen-bond acceptors (Lipinski definition) is 2. The number of aromatic nitrogens is 2. The number of aryl methyl sites for hydroxylation is 1. The number of halogens is 2. The second kappa shape index (κ2) is 5.50. The summed E-state index contributed by atoms with van der Waals surface area (Å²) in [5.41, 5.74) is 1.08. The summed E-state index contributed by atoms with van der Waals surface area (Å²) in [5.74, 6) is -0.471. The van der Waals surface area contributed by atoms with Gasteiger partial charge in [-0.05, 0) is 18.6 Å². The summed E-state index contributed by atoms with van der Waals surface area (Å²) in [6, 6.07) is 4.78. The van der Waals surface area contributed by atoms with Gasteiger partial charge in [0, 0.05) is 24.7 Å². The average Bonchev–Trinajstić information content (AvgIpc) is 2.83. The van der Waals surface area contributed by atoms with Gasteiger partial charge >= 0.3 is 0 Å². The standard InChI is InChI=1S/C13H14ClFN2O/c1-2-17-8-10(7-16-17)12(18)6-9-4-3-5-11(14)13(9)15/h3-5,7-8,12,18H,2,6H2,1H3. The lowest BCUT2D eigenvalue weighted by atomic mass is 10.0. The van der Waals surface area contributed by atoms with E-state index in [4.69, 9.17) is 11.6 Å². The minimum absolute atomic E-state index is 0.0731. The number of benzene rings is 1. The van der Waals surface area contributed by atoms with Crippen LogP contribution in [0, 0.1) is 5.82 Å². The van der Waals surface area contributed by atoms with E-state index in [9.17, 15) is 9.50 Å². The third kappa shape index (κ3) is 2.71. The van der Waals surface area contributed by atoms with E-state index in [2.05, 4.69) is 5.10 Å². The second-order valence-electron chi connectivity index (χ2n) is 4.06. The van der Waals surface area contributed by atoms with Crippen molar-refractivity contribution in [3.05, 3.63) is 52.6 Å². The van der Waals surface area contributed by atoms with Crippen molar-refractivity contribution in [1.82, 2.24) is 9.78 Å². The highest BCUT2D eigenvalue weighted by Crippen LogP contribution is 2.23. The van der Waals surface area contributed by atoms with Crippen LogP contribution in [0.15, 0.2) is 30.6 Å². The SMILES string of the molecule is CCn1cc(C(O)Cc2cccc(Cl)c2F)cn1. The largest absolute Gasteiger partial charge is 0.388 e. The molecule has 2 rings (SSSR count). The first-order chi connectivity index (χ1) is 8.61. The number of hydrogen-bond donors (Lipinski definition) is 1. The lowest BCUT2D eigenvalue weighted by molar-refractivity contribution is 0.177. The molecule has 0 saturated heterocycles. The van der Waals surface area contributed by atoms with E-state index in [0.717, 1.165) is 6.54 Å². The van der Waals surface area contributed by atoms with E-state index >= 15 is 0 Å². The Kier molecular flexibility index (Phi) is 3.99. The third-order valence-electron chi connectivity index (χ3n) is 2.81. The number of rotatable bonds is 4. The first-order valence-electron chi connectivity index (χ1n) is 5.75. The Balaban J connectivity index is 2.15. The molecule has 0 spiro atoms. The average molecular weight is 269 g/mol. The molecule has 1 N–H and O–H groups in total. The molecule has 1 atom stereocenters. The molecule has 2 aromatic rings. The van der Waals surface area contributed by atoms with Gasteiger partial charge in [0.2, 0.25) is 0 Å². The van der Waals surface area contributed by atoms with Crippen molar-refractivity contribution < 1.29 is 9.50 Å². The molecule has 1 unspecified atom stereocenters. The molecule has 0 radical (unpaired) electrons. The molecule has 18 heavy (non-hydrogen) atoms. The molecule has 0 amide bonds. The van der Waals surface area contributed by atoms with Crippen LogP contribution in [-0.4, -0.2) is 14.9 Å². The normalized spacial score (nSPS) is 12.7. The first-order valence-corrected chi connectivity index (χ1v) is 6.13. The van der Waals surface area contributed by atoms with Crippen LogP contribution in [0.5, 0.6) is 0 Å². The molecule has 0 bridgehead atoms. The van der Waals surface area contributed by atoms with E-state index in [1.54, 1.807) is 29.2 Å². The van der Waals surface area contributed by atoms with E-state index in [1.165, 1.54) is 6.07 Å². The molecule has 3 nitrogen and oxygen atoms in total. The van der Waals surface area contributed by atoms with Gasteiger partial charge in [-0.1, -0.05) is 23.7 Å². The maximum Gasteiger partial charge on any atom is 0.145 e. The van der Waals surface area contributed by atoms with Crippen LogP contribution in [0.25, 0.3) is 0 Å². The zero-order valence-electron chi connectivity index (χ0n) is 9.98. The van der Waals surface area contributed by atoms with E-state index in [1.807, 2.05) is 6.92 Å². The van der Waals surface area contributed by atoms with Crippen molar-refractivity contribution in [3.63, 3.8) is 0 Å². The van der Waals surface area contributed by atoms with E-state index < -0.39 is 11.9 Å². The summed E-state index contributed by atoms with van der Waals surface area (Å²) in [6.45, 7) is 2.69. The fourth-order valence-corrected chi connectivity index (χ4v) is 1.95. The van der Waals surface area contributed by atoms with Crippen LogP contribution >= 0.6 is 11.6 Å². The van der Waals surface area contributed by atoms with Gasteiger partial charge < -0.3 is 5.11 Å². The van der Waals surface area contributed by atoms with E-state index in [0.29, 0.717) is 11.1 Å². The van der Waals surface area contributed by atoms with Gasteiger partial charge in [-0.25, -0.2) is 4.39 Å². The molecule has 96 valence electrons. The monoisotopic (exact) mass is 268 g/mol. The van der Waals surface area contributed by atoms with Crippen molar-refractivity contribution in [1.29, 1.82) is 0 Å². The van der Waals surface area contributed by atoms with Gasteiger partial charge in [-0.2, -0.15) is 5.10 Å². The number of aliphatic hydroxyl groups is 1. The molecule has 1 aromatic heterocycles. The highest BCUT2D eigenvalue weighted by atomic mass is 35.5. The minimum atomic E-state index is -0.779. The van der Waals surface area contributed by atoms with Crippen LogP contribution in [0.2, 0.25) is 5.02 Å². The van der Waals surface area contributed by atoms with Crippen molar-refractivity contribution in [2.24, 2.45) is 0 Å². The fourth-order valence-electron chi connectivity index (χ4n) is 1.76. The van der Waals surface area contributed by atoms with Crippen LogP contribution in [0.1, 0.15) is 24.2 Å². The Morgan fingerprint density at radius 3 is 2.94 bits per heavy atom. The van der Waals surface area contributed by atoms with Gasteiger partial charge in [0.05, 0.1) is 17.3 Å². The first kappa shape index (κ1) is 13.1. The van der Waals surface area contributed by atoms with Gasteiger partial charge in [0.25, 0.3) is 0 Å². The van der Waals surface area contributed by atoms with Crippen molar-refractivity contribution >= 4 is 11.6 Å². The Bertz CT molecular complexity index is 542.